The summed E-state index contributed by atoms with van der Waals surface area (Å²) in [6.45, 7) is 5.10. The maximum Gasteiger partial charge on any atom is 0.124 e. The van der Waals surface area contributed by atoms with E-state index in [2.05, 4.69) is 43.4 Å². The van der Waals surface area contributed by atoms with Crippen LogP contribution in [0.3, 0.4) is 0 Å². The van der Waals surface area contributed by atoms with Gasteiger partial charge in [0.25, 0.3) is 0 Å². The zero-order valence-electron chi connectivity index (χ0n) is 13.1. The topological polar surface area (TPSA) is 30.5 Å². The van der Waals surface area contributed by atoms with Gasteiger partial charge < -0.3 is 14.8 Å². The van der Waals surface area contributed by atoms with Crippen LogP contribution in [0.4, 0.5) is 5.69 Å². The lowest BCUT2D eigenvalue weighted by atomic mass is 10.0. The second-order valence-corrected chi connectivity index (χ2v) is 5.27. The maximum absolute atomic E-state index is 5.42. The van der Waals surface area contributed by atoms with Crippen LogP contribution in [0.15, 0.2) is 42.5 Å². The van der Waals surface area contributed by atoms with Gasteiger partial charge in [0.15, 0.2) is 0 Å². The molecule has 2 aromatic rings. The van der Waals surface area contributed by atoms with E-state index in [1.165, 1.54) is 5.56 Å². The van der Waals surface area contributed by atoms with Gasteiger partial charge in [0.1, 0.15) is 11.5 Å². The Balaban J connectivity index is 2.20. The van der Waals surface area contributed by atoms with Crippen LogP contribution < -0.4 is 14.8 Å². The molecule has 0 amide bonds. The van der Waals surface area contributed by atoms with Crippen LogP contribution in [-0.4, -0.2) is 14.2 Å². The third kappa shape index (κ3) is 3.69. The van der Waals surface area contributed by atoms with Gasteiger partial charge in [-0.2, -0.15) is 0 Å². The number of benzene rings is 2. The van der Waals surface area contributed by atoms with Crippen LogP contribution in [0.25, 0.3) is 0 Å². The monoisotopic (exact) mass is 285 g/mol. The van der Waals surface area contributed by atoms with Crippen LogP contribution in [0.5, 0.6) is 11.5 Å². The Morgan fingerprint density at radius 2 is 1.76 bits per heavy atom. The highest BCUT2D eigenvalue weighted by Gasteiger charge is 2.08. The largest absolute Gasteiger partial charge is 0.497 e. The standard InChI is InChI=1S/C18H23NO2/c1-13(2)16-7-5-6-8-17(16)19-12-14-11-15(20-3)9-10-18(14)21-4/h5-11,13,19H,12H2,1-4H3. The lowest BCUT2D eigenvalue weighted by Gasteiger charge is -2.16. The zero-order chi connectivity index (χ0) is 15.2. The molecule has 3 heteroatoms. The fourth-order valence-corrected chi connectivity index (χ4v) is 2.37. The molecule has 0 aliphatic carbocycles. The number of hydrogen-bond acceptors (Lipinski definition) is 3. The van der Waals surface area contributed by atoms with Crippen LogP contribution in [0, 0.1) is 0 Å². The normalized spacial score (nSPS) is 10.5. The first kappa shape index (κ1) is 15.2. The molecule has 0 heterocycles. The fraction of sp³-hybridized carbons (Fsp3) is 0.333. The van der Waals surface area contributed by atoms with Crippen LogP contribution >= 0.6 is 0 Å². The fourth-order valence-electron chi connectivity index (χ4n) is 2.37. The van der Waals surface area contributed by atoms with Gasteiger partial charge in [-0.1, -0.05) is 32.0 Å². The minimum absolute atomic E-state index is 0.487. The van der Waals surface area contributed by atoms with E-state index in [0.717, 1.165) is 22.7 Å². The van der Waals surface area contributed by atoms with E-state index in [-0.39, 0.29) is 0 Å². The molecule has 0 spiro atoms. The predicted molar refractivity (Wildman–Crippen MR) is 87.4 cm³/mol. The molecule has 0 bridgehead atoms. The zero-order valence-corrected chi connectivity index (χ0v) is 13.1. The lowest BCUT2D eigenvalue weighted by molar-refractivity contribution is 0.399. The molecule has 2 rings (SSSR count). The SMILES string of the molecule is COc1ccc(OC)c(CNc2ccccc2C(C)C)c1. The number of ether oxygens (including phenoxy) is 2. The maximum atomic E-state index is 5.42. The van der Waals surface area contributed by atoms with E-state index < -0.39 is 0 Å². The molecule has 0 aromatic heterocycles. The molecule has 0 atom stereocenters. The molecule has 3 nitrogen and oxygen atoms in total. The highest BCUT2D eigenvalue weighted by Crippen LogP contribution is 2.27. The molecule has 0 radical (unpaired) electrons. The second kappa shape index (κ2) is 7.02. The summed E-state index contributed by atoms with van der Waals surface area (Å²) in [7, 11) is 3.36. The molecule has 0 aliphatic rings. The smallest absolute Gasteiger partial charge is 0.124 e. The van der Waals surface area contributed by atoms with E-state index in [1.54, 1.807) is 14.2 Å². The quantitative estimate of drug-likeness (QED) is 0.851. The Morgan fingerprint density at radius 3 is 2.43 bits per heavy atom. The van der Waals surface area contributed by atoms with Crippen molar-refractivity contribution in [3.05, 3.63) is 53.6 Å². The van der Waals surface area contributed by atoms with Crippen molar-refractivity contribution < 1.29 is 9.47 Å². The van der Waals surface area contributed by atoms with Gasteiger partial charge in [0, 0.05) is 17.8 Å². The first-order valence-corrected chi connectivity index (χ1v) is 7.19. The molecule has 112 valence electrons. The van der Waals surface area contributed by atoms with Crippen molar-refractivity contribution >= 4 is 5.69 Å². The van der Waals surface area contributed by atoms with Gasteiger partial charge in [0.05, 0.1) is 14.2 Å². The molecule has 21 heavy (non-hydrogen) atoms. The van der Waals surface area contributed by atoms with Crippen LogP contribution in [-0.2, 0) is 6.54 Å². The summed E-state index contributed by atoms with van der Waals surface area (Å²) in [6.07, 6.45) is 0. The summed E-state index contributed by atoms with van der Waals surface area (Å²) in [5.74, 6) is 2.19. The third-order valence-corrected chi connectivity index (χ3v) is 3.54. The van der Waals surface area contributed by atoms with E-state index in [9.17, 15) is 0 Å². The molecule has 0 saturated heterocycles. The average Bonchev–Trinajstić information content (AvgIpc) is 2.52. The number of methoxy groups -OCH3 is 2. The van der Waals surface area contributed by atoms with Crippen molar-refractivity contribution in [2.24, 2.45) is 0 Å². The summed E-state index contributed by atoms with van der Waals surface area (Å²) < 4.78 is 10.7. The van der Waals surface area contributed by atoms with Gasteiger partial charge in [-0.3, -0.25) is 0 Å². The number of anilines is 1. The van der Waals surface area contributed by atoms with E-state index >= 15 is 0 Å². The number of para-hydroxylation sites is 1. The predicted octanol–water partition coefficient (Wildman–Crippen LogP) is 4.44. The molecule has 2 aromatic carbocycles. The molecular formula is C18H23NO2. The lowest BCUT2D eigenvalue weighted by Crippen LogP contribution is -2.05. The molecule has 0 aliphatic heterocycles. The average molecular weight is 285 g/mol. The first-order valence-electron chi connectivity index (χ1n) is 7.19. The van der Waals surface area contributed by atoms with Gasteiger partial charge in [-0.15, -0.1) is 0 Å². The number of hydrogen-bond donors (Lipinski definition) is 1. The number of nitrogens with one attached hydrogen (secondary N) is 1. The van der Waals surface area contributed by atoms with E-state index in [1.807, 2.05) is 18.2 Å². The molecule has 0 unspecified atom stereocenters. The van der Waals surface area contributed by atoms with Crippen molar-refractivity contribution in [1.29, 1.82) is 0 Å². The second-order valence-electron chi connectivity index (χ2n) is 5.27. The summed E-state index contributed by atoms with van der Waals surface area (Å²) in [5, 5.41) is 3.50. The van der Waals surface area contributed by atoms with Gasteiger partial charge in [0.2, 0.25) is 0 Å². The van der Waals surface area contributed by atoms with E-state index in [0.29, 0.717) is 12.5 Å². The van der Waals surface area contributed by atoms with Gasteiger partial charge >= 0.3 is 0 Å². The Kier molecular flexibility index (Phi) is 5.09. The van der Waals surface area contributed by atoms with Crippen molar-refractivity contribution in [2.45, 2.75) is 26.3 Å². The Morgan fingerprint density at radius 1 is 1.00 bits per heavy atom. The van der Waals surface area contributed by atoms with Crippen molar-refractivity contribution in [3.63, 3.8) is 0 Å². The molecular weight excluding hydrogens is 262 g/mol. The summed E-state index contributed by atoms with van der Waals surface area (Å²) >= 11 is 0. The van der Waals surface area contributed by atoms with Gasteiger partial charge in [-0.05, 0) is 35.7 Å². The Bertz CT molecular complexity index is 594. The summed E-state index contributed by atoms with van der Waals surface area (Å²) in [5.41, 5.74) is 3.56. The Hall–Kier alpha value is -2.16. The molecule has 0 fully saturated rings. The van der Waals surface area contributed by atoms with Crippen molar-refractivity contribution in [3.8, 4) is 11.5 Å². The third-order valence-electron chi connectivity index (χ3n) is 3.54. The Labute approximate surface area is 126 Å². The highest BCUT2D eigenvalue weighted by molar-refractivity contribution is 5.53. The molecule has 1 N–H and O–H groups in total. The van der Waals surface area contributed by atoms with E-state index in [4.69, 9.17) is 9.47 Å². The van der Waals surface area contributed by atoms with Crippen molar-refractivity contribution in [1.82, 2.24) is 0 Å². The summed E-state index contributed by atoms with van der Waals surface area (Å²) in [4.78, 5) is 0. The first-order chi connectivity index (χ1) is 10.2. The van der Waals surface area contributed by atoms with Gasteiger partial charge in [-0.25, -0.2) is 0 Å². The molecule has 0 saturated carbocycles. The summed E-state index contributed by atoms with van der Waals surface area (Å²) in [6, 6.07) is 14.2. The number of rotatable bonds is 6. The minimum Gasteiger partial charge on any atom is -0.497 e. The minimum atomic E-state index is 0.487. The highest BCUT2D eigenvalue weighted by atomic mass is 16.5. The van der Waals surface area contributed by atoms with Crippen LogP contribution in [0.1, 0.15) is 30.9 Å². The van der Waals surface area contributed by atoms with Crippen molar-refractivity contribution in [2.75, 3.05) is 19.5 Å². The van der Waals surface area contributed by atoms with Crippen LogP contribution in [0.2, 0.25) is 0 Å².